The maximum atomic E-state index is 12.0. The highest BCUT2D eigenvalue weighted by Gasteiger charge is 2.16. The zero-order chi connectivity index (χ0) is 14.2. The number of rotatable bonds is 6. The molecule has 5 nitrogen and oxygen atoms in total. The SMILES string of the molecule is C=CCOc1ccccc1NCC(=O)N1CCOCC1. The van der Waals surface area contributed by atoms with E-state index in [0.29, 0.717) is 32.9 Å². The molecule has 1 aromatic carbocycles. The van der Waals surface area contributed by atoms with Crippen LogP contribution in [0.15, 0.2) is 36.9 Å². The minimum absolute atomic E-state index is 0.0758. The molecular formula is C15H20N2O3. The molecule has 1 aliphatic rings. The molecular weight excluding hydrogens is 256 g/mol. The largest absolute Gasteiger partial charge is 0.487 e. The summed E-state index contributed by atoms with van der Waals surface area (Å²) < 4.78 is 10.8. The number of carbonyl (C=O) groups excluding carboxylic acids is 1. The van der Waals surface area contributed by atoms with Crippen LogP contribution in [0.3, 0.4) is 0 Å². The zero-order valence-corrected chi connectivity index (χ0v) is 11.5. The van der Waals surface area contributed by atoms with Crippen LogP contribution in [0.1, 0.15) is 0 Å². The summed E-state index contributed by atoms with van der Waals surface area (Å²) in [7, 11) is 0. The van der Waals surface area contributed by atoms with Gasteiger partial charge < -0.3 is 19.7 Å². The fraction of sp³-hybridized carbons (Fsp3) is 0.400. The molecule has 0 atom stereocenters. The topological polar surface area (TPSA) is 50.8 Å². The standard InChI is InChI=1S/C15H20N2O3/c1-2-9-20-14-6-4-3-5-13(14)16-12-15(18)17-7-10-19-11-8-17/h2-6,16H,1,7-12H2. The van der Waals surface area contributed by atoms with E-state index in [2.05, 4.69) is 11.9 Å². The first kappa shape index (κ1) is 14.4. The average Bonchev–Trinajstić information content (AvgIpc) is 2.52. The van der Waals surface area contributed by atoms with Crippen molar-refractivity contribution < 1.29 is 14.3 Å². The van der Waals surface area contributed by atoms with Gasteiger partial charge in [0, 0.05) is 13.1 Å². The van der Waals surface area contributed by atoms with Crippen molar-refractivity contribution in [3.05, 3.63) is 36.9 Å². The number of para-hydroxylation sites is 2. The lowest BCUT2D eigenvalue weighted by Gasteiger charge is -2.27. The summed E-state index contributed by atoms with van der Waals surface area (Å²) in [6.45, 7) is 6.88. The van der Waals surface area contributed by atoms with E-state index in [1.54, 1.807) is 6.08 Å². The second kappa shape index (κ2) is 7.55. The highest BCUT2D eigenvalue weighted by atomic mass is 16.5. The minimum Gasteiger partial charge on any atom is -0.487 e. The van der Waals surface area contributed by atoms with Crippen molar-refractivity contribution in [3.63, 3.8) is 0 Å². The smallest absolute Gasteiger partial charge is 0.242 e. The van der Waals surface area contributed by atoms with E-state index in [1.807, 2.05) is 29.2 Å². The van der Waals surface area contributed by atoms with Gasteiger partial charge in [-0.1, -0.05) is 24.8 Å². The Labute approximate surface area is 119 Å². The summed E-state index contributed by atoms with van der Waals surface area (Å²) in [5.41, 5.74) is 0.816. The molecule has 1 saturated heterocycles. The van der Waals surface area contributed by atoms with Crippen molar-refractivity contribution in [2.45, 2.75) is 0 Å². The number of nitrogens with one attached hydrogen (secondary N) is 1. The number of amides is 1. The molecule has 0 saturated carbocycles. The quantitative estimate of drug-likeness (QED) is 0.800. The monoisotopic (exact) mass is 276 g/mol. The van der Waals surface area contributed by atoms with Crippen LogP contribution < -0.4 is 10.1 Å². The highest BCUT2D eigenvalue weighted by molar-refractivity contribution is 5.81. The van der Waals surface area contributed by atoms with Crippen LogP contribution in [0, 0.1) is 0 Å². The Hall–Kier alpha value is -2.01. The summed E-state index contributed by atoms with van der Waals surface area (Å²) in [4.78, 5) is 13.9. The van der Waals surface area contributed by atoms with Gasteiger partial charge in [-0.15, -0.1) is 0 Å². The Bertz CT molecular complexity index is 456. The van der Waals surface area contributed by atoms with E-state index in [0.717, 1.165) is 11.4 Å². The molecule has 1 fully saturated rings. The number of nitrogens with zero attached hydrogens (tertiary/aromatic N) is 1. The maximum absolute atomic E-state index is 12.0. The van der Waals surface area contributed by atoms with E-state index >= 15 is 0 Å². The molecule has 2 rings (SSSR count). The third-order valence-corrected chi connectivity index (χ3v) is 3.04. The molecule has 0 bridgehead atoms. The van der Waals surface area contributed by atoms with Crippen molar-refractivity contribution in [1.82, 2.24) is 4.90 Å². The molecule has 0 unspecified atom stereocenters. The summed E-state index contributed by atoms with van der Waals surface area (Å²) in [5.74, 6) is 0.800. The molecule has 0 radical (unpaired) electrons. The van der Waals surface area contributed by atoms with Crippen molar-refractivity contribution in [3.8, 4) is 5.75 Å². The first-order chi connectivity index (χ1) is 9.81. The summed E-state index contributed by atoms with van der Waals surface area (Å²) in [6, 6.07) is 7.56. The van der Waals surface area contributed by atoms with Crippen molar-refractivity contribution >= 4 is 11.6 Å². The molecule has 1 amide bonds. The third-order valence-electron chi connectivity index (χ3n) is 3.04. The van der Waals surface area contributed by atoms with Crippen LogP contribution >= 0.6 is 0 Å². The predicted octanol–water partition coefficient (Wildman–Crippen LogP) is 1.52. The Morgan fingerprint density at radius 2 is 2.15 bits per heavy atom. The van der Waals surface area contributed by atoms with E-state index in [1.165, 1.54) is 0 Å². The van der Waals surface area contributed by atoms with Gasteiger partial charge in [0.2, 0.25) is 5.91 Å². The van der Waals surface area contributed by atoms with Crippen LogP contribution in [-0.4, -0.2) is 50.3 Å². The van der Waals surface area contributed by atoms with Gasteiger partial charge in [-0.3, -0.25) is 4.79 Å². The highest BCUT2D eigenvalue weighted by Crippen LogP contribution is 2.23. The van der Waals surface area contributed by atoms with Crippen LogP contribution in [0.5, 0.6) is 5.75 Å². The normalized spacial score (nSPS) is 14.7. The Morgan fingerprint density at radius 3 is 2.90 bits per heavy atom. The number of anilines is 1. The Kier molecular flexibility index (Phi) is 5.43. The molecule has 0 spiro atoms. The van der Waals surface area contributed by atoms with Crippen LogP contribution in [-0.2, 0) is 9.53 Å². The summed E-state index contributed by atoms with van der Waals surface area (Å²) >= 11 is 0. The van der Waals surface area contributed by atoms with E-state index in [9.17, 15) is 4.79 Å². The number of ether oxygens (including phenoxy) is 2. The van der Waals surface area contributed by atoms with Gasteiger partial charge in [0.15, 0.2) is 0 Å². The summed E-state index contributed by atoms with van der Waals surface area (Å²) in [6.07, 6.45) is 1.69. The Morgan fingerprint density at radius 1 is 1.40 bits per heavy atom. The van der Waals surface area contributed by atoms with Crippen LogP contribution in [0.25, 0.3) is 0 Å². The lowest BCUT2D eigenvalue weighted by atomic mass is 10.3. The van der Waals surface area contributed by atoms with Gasteiger partial charge in [-0.25, -0.2) is 0 Å². The molecule has 1 heterocycles. The fourth-order valence-corrected chi connectivity index (χ4v) is 1.98. The molecule has 20 heavy (non-hydrogen) atoms. The lowest BCUT2D eigenvalue weighted by molar-refractivity contribution is -0.133. The van der Waals surface area contributed by atoms with Crippen LogP contribution in [0.2, 0.25) is 0 Å². The van der Waals surface area contributed by atoms with Gasteiger partial charge in [0.25, 0.3) is 0 Å². The van der Waals surface area contributed by atoms with Crippen molar-refractivity contribution in [1.29, 1.82) is 0 Å². The molecule has 1 aromatic rings. The zero-order valence-electron chi connectivity index (χ0n) is 11.5. The van der Waals surface area contributed by atoms with Gasteiger partial charge >= 0.3 is 0 Å². The first-order valence-corrected chi connectivity index (χ1v) is 6.73. The average molecular weight is 276 g/mol. The molecule has 1 aliphatic heterocycles. The van der Waals surface area contributed by atoms with Gasteiger partial charge in [0.05, 0.1) is 25.4 Å². The number of morpholine rings is 1. The number of hydrogen-bond donors (Lipinski definition) is 1. The maximum Gasteiger partial charge on any atom is 0.242 e. The summed E-state index contributed by atoms with van der Waals surface area (Å²) in [5, 5.41) is 3.13. The molecule has 1 N–H and O–H groups in total. The Balaban J connectivity index is 1.89. The van der Waals surface area contributed by atoms with E-state index < -0.39 is 0 Å². The molecule has 0 aromatic heterocycles. The molecule has 0 aliphatic carbocycles. The molecule has 5 heteroatoms. The second-order valence-electron chi connectivity index (χ2n) is 4.44. The van der Waals surface area contributed by atoms with Gasteiger partial charge in [-0.05, 0) is 12.1 Å². The fourth-order valence-electron chi connectivity index (χ4n) is 1.98. The van der Waals surface area contributed by atoms with E-state index in [4.69, 9.17) is 9.47 Å². The first-order valence-electron chi connectivity index (χ1n) is 6.73. The second-order valence-corrected chi connectivity index (χ2v) is 4.44. The number of benzene rings is 1. The minimum atomic E-state index is 0.0758. The van der Waals surface area contributed by atoms with Crippen molar-refractivity contribution in [2.75, 3.05) is 44.8 Å². The van der Waals surface area contributed by atoms with Gasteiger partial charge in [0.1, 0.15) is 12.4 Å². The third kappa shape index (κ3) is 3.99. The molecule has 108 valence electrons. The number of carbonyl (C=O) groups is 1. The van der Waals surface area contributed by atoms with Crippen LogP contribution in [0.4, 0.5) is 5.69 Å². The lowest BCUT2D eigenvalue weighted by Crippen LogP contribution is -2.43. The van der Waals surface area contributed by atoms with E-state index in [-0.39, 0.29) is 12.5 Å². The predicted molar refractivity (Wildman–Crippen MR) is 78.0 cm³/mol. The van der Waals surface area contributed by atoms with Gasteiger partial charge in [-0.2, -0.15) is 0 Å². The number of hydrogen-bond acceptors (Lipinski definition) is 4. The van der Waals surface area contributed by atoms with Crippen molar-refractivity contribution in [2.24, 2.45) is 0 Å².